The number of alkyl halides is 6. The van der Waals surface area contributed by atoms with Gasteiger partial charge in [0, 0.05) is 51.5 Å². The lowest BCUT2D eigenvalue weighted by Crippen LogP contribution is -2.26. The van der Waals surface area contributed by atoms with E-state index >= 15 is 0 Å². The van der Waals surface area contributed by atoms with Crippen LogP contribution in [-0.2, 0) is 29.0 Å². The van der Waals surface area contributed by atoms with Crippen molar-refractivity contribution in [2.24, 2.45) is 5.92 Å². The van der Waals surface area contributed by atoms with E-state index < -0.39 is 24.3 Å². The summed E-state index contributed by atoms with van der Waals surface area (Å²) >= 11 is 0. The van der Waals surface area contributed by atoms with Crippen molar-refractivity contribution >= 4 is 23.7 Å². The van der Waals surface area contributed by atoms with Crippen LogP contribution in [0.2, 0.25) is 0 Å². The van der Waals surface area contributed by atoms with Gasteiger partial charge in [-0.1, -0.05) is 19.9 Å². The van der Waals surface area contributed by atoms with Gasteiger partial charge in [-0.15, -0.1) is 0 Å². The SMILES string of the molecule is CNC(=O)c1cc2c(nc1NCC(C)C)CCN(Cc1ccccn1)CC2.O=C(O)C(F)(F)F.O=C(O)C(F)(F)F. The lowest BCUT2D eigenvalue weighted by atomic mass is 10.0. The number of nitrogens with zero attached hydrogens (tertiary/aromatic N) is 3. The topological polar surface area (TPSA) is 145 Å². The number of fused-ring (bicyclic) bond motifs is 1. The van der Waals surface area contributed by atoms with Crippen LogP contribution in [0.25, 0.3) is 0 Å². The van der Waals surface area contributed by atoms with Gasteiger partial charge in [0.2, 0.25) is 0 Å². The fraction of sp³-hybridized carbons (Fsp3) is 0.480. The van der Waals surface area contributed by atoms with Crippen LogP contribution in [0.15, 0.2) is 30.5 Å². The Morgan fingerprint density at radius 1 is 1.00 bits per heavy atom. The van der Waals surface area contributed by atoms with Crippen LogP contribution in [0.3, 0.4) is 0 Å². The highest BCUT2D eigenvalue weighted by Crippen LogP contribution is 2.23. The Bertz CT molecular complexity index is 1140. The zero-order chi connectivity index (χ0) is 31.4. The molecule has 0 aliphatic carbocycles. The van der Waals surface area contributed by atoms with Crippen LogP contribution in [0.1, 0.15) is 41.2 Å². The molecule has 4 N–H and O–H groups in total. The Balaban J connectivity index is 0.000000497. The van der Waals surface area contributed by atoms with E-state index in [1.54, 1.807) is 7.05 Å². The Morgan fingerprint density at radius 3 is 2.02 bits per heavy atom. The fourth-order valence-electron chi connectivity index (χ4n) is 3.30. The molecule has 0 saturated heterocycles. The van der Waals surface area contributed by atoms with Crippen LogP contribution in [-0.4, -0.2) is 82.0 Å². The van der Waals surface area contributed by atoms with Gasteiger partial charge in [-0.25, -0.2) is 14.6 Å². The predicted octanol–water partition coefficient (Wildman–Crippen LogP) is 3.77. The summed E-state index contributed by atoms with van der Waals surface area (Å²) in [5.74, 6) is -4.43. The first-order chi connectivity index (χ1) is 18.9. The van der Waals surface area contributed by atoms with Crippen LogP contribution < -0.4 is 10.6 Å². The van der Waals surface area contributed by atoms with Crippen molar-refractivity contribution in [3.8, 4) is 0 Å². The minimum Gasteiger partial charge on any atom is -0.475 e. The minimum atomic E-state index is -5.08. The highest BCUT2D eigenvalue weighted by Gasteiger charge is 2.38. The second-order valence-corrected chi connectivity index (χ2v) is 9.05. The number of anilines is 1. The van der Waals surface area contributed by atoms with E-state index in [1.807, 2.05) is 24.4 Å². The summed E-state index contributed by atoms with van der Waals surface area (Å²) in [6.07, 6.45) is -6.55. The van der Waals surface area contributed by atoms with Gasteiger partial charge in [-0.3, -0.25) is 14.7 Å². The van der Waals surface area contributed by atoms with Gasteiger partial charge >= 0.3 is 24.3 Å². The van der Waals surface area contributed by atoms with Crippen molar-refractivity contribution in [2.45, 2.75) is 45.6 Å². The summed E-state index contributed by atoms with van der Waals surface area (Å²) in [6, 6.07) is 8.05. The number of nitrogens with one attached hydrogen (secondary N) is 2. The maximum absolute atomic E-state index is 12.3. The minimum absolute atomic E-state index is 0.0915. The number of hydrogen-bond acceptors (Lipinski definition) is 7. The number of amides is 1. The first-order valence-corrected chi connectivity index (χ1v) is 12.2. The van der Waals surface area contributed by atoms with Gasteiger partial charge in [-0.2, -0.15) is 26.3 Å². The van der Waals surface area contributed by atoms with Gasteiger partial charge in [0.15, 0.2) is 0 Å². The molecule has 16 heteroatoms. The maximum atomic E-state index is 12.3. The molecular formula is C25H31F6N5O5. The second-order valence-electron chi connectivity index (χ2n) is 9.05. The van der Waals surface area contributed by atoms with Gasteiger partial charge in [0.1, 0.15) is 5.82 Å². The summed E-state index contributed by atoms with van der Waals surface area (Å²) in [7, 11) is 1.66. The zero-order valence-electron chi connectivity index (χ0n) is 22.4. The third-order valence-corrected chi connectivity index (χ3v) is 5.30. The first-order valence-electron chi connectivity index (χ1n) is 12.2. The molecule has 10 nitrogen and oxygen atoms in total. The average Bonchev–Trinajstić information content (AvgIpc) is 3.08. The lowest BCUT2D eigenvalue weighted by molar-refractivity contribution is -0.193. The van der Waals surface area contributed by atoms with Gasteiger partial charge < -0.3 is 20.8 Å². The number of aliphatic carboxylic acids is 2. The highest BCUT2D eigenvalue weighted by molar-refractivity contribution is 5.98. The lowest BCUT2D eigenvalue weighted by Gasteiger charge is -2.18. The number of carbonyl (C=O) groups is 3. The van der Waals surface area contributed by atoms with Crippen molar-refractivity contribution in [3.05, 3.63) is 53.0 Å². The van der Waals surface area contributed by atoms with E-state index in [9.17, 15) is 31.1 Å². The highest BCUT2D eigenvalue weighted by atomic mass is 19.4. The standard InChI is InChI=1S/C21H29N5O.2C2HF3O2/c1-15(2)13-24-20-18(21(27)22-3)12-16-7-10-26(11-8-19(16)25-20)14-17-6-4-5-9-23-17;2*3-2(4,5)1(6)7/h4-6,9,12,15H,7-8,10-11,13-14H2,1-3H3,(H,22,27)(H,24,25);2*(H,6,7). The molecule has 2 aromatic rings. The van der Waals surface area contributed by atoms with E-state index in [4.69, 9.17) is 24.8 Å². The quantitative estimate of drug-likeness (QED) is 0.367. The normalized spacial score (nSPS) is 13.4. The molecule has 1 aliphatic rings. The van der Waals surface area contributed by atoms with Crippen LogP contribution in [0.5, 0.6) is 0 Å². The second kappa shape index (κ2) is 15.7. The molecule has 41 heavy (non-hydrogen) atoms. The largest absolute Gasteiger partial charge is 0.490 e. The zero-order valence-corrected chi connectivity index (χ0v) is 22.4. The number of carboxylic acid groups (broad SMARTS) is 2. The molecule has 2 aromatic heterocycles. The van der Waals surface area contributed by atoms with Gasteiger partial charge in [0.25, 0.3) is 5.91 Å². The molecule has 1 aliphatic heterocycles. The summed E-state index contributed by atoms with van der Waals surface area (Å²) in [5, 5.41) is 20.3. The third-order valence-electron chi connectivity index (χ3n) is 5.30. The van der Waals surface area contributed by atoms with Gasteiger partial charge in [-0.05, 0) is 36.1 Å². The molecule has 0 spiro atoms. The number of hydrogen-bond donors (Lipinski definition) is 4. The smallest absolute Gasteiger partial charge is 0.475 e. The van der Waals surface area contributed by atoms with Crippen molar-refractivity contribution < 1.29 is 50.9 Å². The molecule has 228 valence electrons. The molecule has 3 heterocycles. The number of carbonyl (C=O) groups excluding carboxylic acids is 1. The molecule has 0 saturated carbocycles. The number of pyridine rings is 2. The van der Waals surface area contributed by atoms with Crippen LogP contribution in [0.4, 0.5) is 32.2 Å². The molecule has 1 amide bonds. The van der Waals surface area contributed by atoms with E-state index in [0.717, 1.165) is 50.4 Å². The van der Waals surface area contributed by atoms with Crippen LogP contribution >= 0.6 is 0 Å². The number of carboxylic acids is 2. The molecule has 0 aromatic carbocycles. The van der Waals surface area contributed by atoms with E-state index in [0.29, 0.717) is 17.3 Å². The van der Waals surface area contributed by atoms with Crippen molar-refractivity contribution in [1.29, 1.82) is 0 Å². The van der Waals surface area contributed by atoms with E-state index in [-0.39, 0.29) is 5.91 Å². The average molecular weight is 596 g/mol. The molecular weight excluding hydrogens is 564 g/mol. The summed E-state index contributed by atoms with van der Waals surface area (Å²) < 4.78 is 63.5. The number of aromatic nitrogens is 2. The summed E-state index contributed by atoms with van der Waals surface area (Å²) in [5.41, 5.74) is 3.99. The van der Waals surface area contributed by atoms with Crippen molar-refractivity contribution in [3.63, 3.8) is 0 Å². The van der Waals surface area contributed by atoms with E-state index in [1.165, 1.54) is 5.56 Å². The Labute approximate surface area is 231 Å². The molecule has 3 rings (SSSR count). The molecule has 0 unspecified atom stereocenters. The molecule has 0 fully saturated rings. The van der Waals surface area contributed by atoms with Gasteiger partial charge in [0.05, 0.1) is 11.3 Å². The van der Waals surface area contributed by atoms with Crippen molar-refractivity contribution in [2.75, 3.05) is 32.0 Å². The Hall–Kier alpha value is -3.95. The Kier molecular flexibility index (Phi) is 13.5. The summed E-state index contributed by atoms with van der Waals surface area (Å²) in [6.45, 7) is 7.81. The third kappa shape index (κ3) is 12.8. The predicted molar refractivity (Wildman–Crippen MR) is 135 cm³/mol. The first kappa shape index (κ1) is 35.1. The fourth-order valence-corrected chi connectivity index (χ4v) is 3.30. The Morgan fingerprint density at radius 2 is 1.56 bits per heavy atom. The van der Waals surface area contributed by atoms with E-state index in [2.05, 4.69) is 40.4 Å². The molecule has 0 radical (unpaired) electrons. The summed E-state index contributed by atoms with van der Waals surface area (Å²) in [4.78, 5) is 41.8. The monoisotopic (exact) mass is 595 g/mol. The number of halogens is 6. The van der Waals surface area contributed by atoms with Crippen LogP contribution in [0, 0.1) is 5.92 Å². The van der Waals surface area contributed by atoms with Crippen molar-refractivity contribution in [1.82, 2.24) is 20.2 Å². The number of rotatable bonds is 6. The molecule has 0 bridgehead atoms. The maximum Gasteiger partial charge on any atom is 0.490 e. The molecule has 0 atom stereocenters.